The lowest BCUT2D eigenvalue weighted by Crippen LogP contribution is -2.40. The Morgan fingerprint density at radius 3 is 2.67 bits per heavy atom. The zero-order valence-corrected chi connectivity index (χ0v) is 12.2. The van der Waals surface area contributed by atoms with Gasteiger partial charge in [-0.15, -0.1) is 0 Å². The Hall–Kier alpha value is -2.15. The van der Waals surface area contributed by atoms with Gasteiger partial charge in [0.25, 0.3) is 11.6 Å². The van der Waals surface area contributed by atoms with Gasteiger partial charge in [0, 0.05) is 38.3 Å². The quantitative estimate of drug-likeness (QED) is 0.621. The Kier molecular flexibility index (Phi) is 4.74. The van der Waals surface area contributed by atoms with E-state index in [0.29, 0.717) is 44.1 Å². The highest BCUT2D eigenvalue weighted by Gasteiger charge is 2.23. The van der Waals surface area contributed by atoms with Gasteiger partial charge in [-0.05, 0) is 19.1 Å². The van der Waals surface area contributed by atoms with E-state index >= 15 is 0 Å². The van der Waals surface area contributed by atoms with Gasteiger partial charge in [0.05, 0.1) is 18.1 Å². The summed E-state index contributed by atoms with van der Waals surface area (Å²) in [6.45, 7) is 4.61. The highest BCUT2D eigenvalue weighted by atomic mass is 16.6. The number of nitrogens with zero attached hydrogens (tertiary/aromatic N) is 3. The SMILES string of the molecule is CCN(C)c1ccc(C(=O)N2CCOCC2)cc1[N+](=O)[O-]. The summed E-state index contributed by atoms with van der Waals surface area (Å²) in [4.78, 5) is 26.6. The molecule has 1 aliphatic heterocycles. The van der Waals surface area contributed by atoms with Crippen LogP contribution >= 0.6 is 0 Å². The van der Waals surface area contributed by atoms with Gasteiger partial charge >= 0.3 is 0 Å². The van der Waals surface area contributed by atoms with E-state index in [9.17, 15) is 14.9 Å². The van der Waals surface area contributed by atoms with E-state index in [1.54, 1.807) is 29.0 Å². The maximum absolute atomic E-state index is 12.4. The van der Waals surface area contributed by atoms with E-state index in [-0.39, 0.29) is 11.6 Å². The van der Waals surface area contributed by atoms with Crippen LogP contribution in [0.3, 0.4) is 0 Å². The molecule has 1 amide bonds. The standard InChI is InChI=1S/C14H19N3O4/c1-3-15(2)12-5-4-11(10-13(12)17(19)20)14(18)16-6-8-21-9-7-16/h4-5,10H,3,6-9H2,1-2H3. The average molecular weight is 293 g/mol. The van der Waals surface area contributed by atoms with Crippen LogP contribution in [-0.2, 0) is 4.74 Å². The Balaban J connectivity index is 2.30. The van der Waals surface area contributed by atoms with Gasteiger partial charge in [-0.3, -0.25) is 14.9 Å². The number of ether oxygens (including phenoxy) is 1. The summed E-state index contributed by atoms with van der Waals surface area (Å²) in [5.74, 6) is -0.188. The van der Waals surface area contributed by atoms with Crippen molar-refractivity contribution in [3.63, 3.8) is 0 Å². The van der Waals surface area contributed by atoms with Gasteiger partial charge in [-0.25, -0.2) is 0 Å². The molecular weight excluding hydrogens is 274 g/mol. The van der Waals surface area contributed by atoms with Crippen molar-refractivity contribution in [3.8, 4) is 0 Å². The third-order valence-corrected chi connectivity index (χ3v) is 3.60. The van der Waals surface area contributed by atoms with Crippen LogP contribution in [-0.4, -0.2) is 55.6 Å². The highest BCUT2D eigenvalue weighted by Crippen LogP contribution is 2.28. The summed E-state index contributed by atoms with van der Waals surface area (Å²) in [5, 5.41) is 11.2. The monoisotopic (exact) mass is 293 g/mol. The molecule has 1 aliphatic rings. The molecule has 7 heteroatoms. The number of hydrogen-bond acceptors (Lipinski definition) is 5. The lowest BCUT2D eigenvalue weighted by Gasteiger charge is -2.27. The minimum absolute atomic E-state index is 0.0431. The average Bonchev–Trinajstić information content (AvgIpc) is 2.53. The van der Waals surface area contributed by atoms with Gasteiger partial charge in [0.15, 0.2) is 0 Å². The molecule has 0 unspecified atom stereocenters. The molecule has 0 aromatic heterocycles. The molecule has 1 fully saturated rings. The third-order valence-electron chi connectivity index (χ3n) is 3.60. The van der Waals surface area contributed by atoms with E-state index in [2.05, 4.69) is 0 Å². The van der Waals surface area contributed by atoms with Crippen molar-refractivity contribution in [2.75, 3.05) is 44.8 Å². The van der Waals surface area contributed by atoms with Gasteiger partial charge < -0.3 is 14.5 Å². The minimum atomic E-state index is -0.447. The van der Waals surface area contributed by atoms with Crippen molar-refractivity contribution >= 4 is 17.3 Å². The Bertz CT molecular complexity index is 541. The van der Waals surface area contributed by atoms with Crippen LogP contribution in [0.5, 0.6) is 0 Å². The molecule has 0 radical (unpaired) electrons. The maximum Gasteiger partial charge on any atom is 0.293 e. The van der Waals surface area contributed by atoms with Crippen molar-refractivity contribution in [1.29, 1.82) is 0 Å². The van der Waals surface area contributed by atoms with Crippen molar-refractivity contribution in [2.24, 2.45) is 0 Å². The Morgan fingerprint density at radius 1 is 1.43 bits per heavy atom. The van der Waals surface area contributed by atoms with Crippen molar-refractivity contribution < 1.29 is 14.5 Å². The van der Waals surface area contributed by atoms with Crippen LogP contribution in [0.2, 0.25) is 0 Å². The van der Waals surface area contributed by atoms with Crippen LogP contribution in [0.25, 0.3) is 0 Å². The first-order chi connectivity index (χ1) is 10.0. The normalized spacial score (nSPS) is 14.9. The second-order valence-corrected chi connectivity index (χ2v) is 4.88. The van der Waals surface area contributed by atoms with Gasteiger partial charge in [-0.1, -0.05) is 0 Å². The zero-order valence-electron chi connectivity index (χ0n) is 12.2. The largest absolute Gasteiger partial charge is 0.378 e. The molecule has 0 bridgehead atoms. The smallest absolute Gasteiger partial charge is 0.293 e. The molecule has 1 heterocycles. The molecule has 2 rings (SSSR count). The molecule has 1 aromatic rings. The van der Waals surface area contributed by atoms with E-state index in [0.717, 1.165) is 0 Å². The lowest BCUT2D eigenvalue weighted by molar-refractivity contribution is -0.384. The van der Waals surface area contributed by atoms with E-state index in [1.807, 2.05) is 6.92 Å². The molecule has 7 nitrogen and oxygen atoms in total. The van der Waals surface area contributed by atoms with Crippen LogP contribution in [0.15, 0.2) is 18.2 Å². The first kappa shape index (κ1) is 15.2. The van der Waals surface area contributed by atoms with Crippen LogP contribution in [0.1, 0.15) is 17.3 Å². The zero-order chi connectivity index (χ0) is 15.4. The number of nitro benzene ring substituents is 1. The number of carbonyl (C=O) groups excluding carboxylic acids is 1. The van der Waals surface area contributed by atoms with Gasteiger partial charge in [0.2, 0.25) is 0 Å². The summed E-state index contributed by atoms with van der Waals surface area (Å²) in [6.07, 6.45) is 0. The number of anilines is 1. The fourth-order valence-corrected chi connectivity index (χ4v) is 2.24. The fraction of sp³-hybridized carbons (Fsp3) is 0.500. The molecule has 114 valence electrons. The van der Waals surface area contributed by atoms with Crippen molar-refractivity contribution in [3.05, 3.63) is 33.9 Å². The fourth-order valence-electron chi connectivity index (χ4n) is 2.24. The summed E-state index contributed by atoms with van der Waals surface area (Å²) in [7, 11) is 1.78. The summed E-state index contributed by atoms with van der Waals surface area (Å²) >= 11 is 0. The summed E-state index contributed by atoms with van der Waals surface area (Å²) < 4.78 is 5.20. The van der Waals surface area contributed by atoms with Crippen LogP contribution in [0.4, 0.5) is 11.4 Å². The molecule has 0 aliphatic carbocycles. The molecule has 1 aromatic carbocycles. The number of amides is 1. The predicted octanol–water partition coefficient (Wildman–Crippen LogP) is 1.52. The number of rotatable bonds is 4. The van der Waals surface area contributed by atoms with Gasteiger partial charge in [-0.2, -0.15) is 0 Å². The van der Waals surface area contributed by atoms with Crippen LogP contribution < -0.4 is 4.90 Å². The molecule has 0 N–H and O–H groups in total. The molecular formula is C14H19N3O4. The first-order valence-corrected chi connectivity index (χ1v) is 6.91. The van der Waals surface area contributed by atoms with E-state index in [1.165, 1.54) is 6.07 Å². The number of benzene rings is 1. The van der Waals surface area contributed by atoms with Crippen molar-refractivity contribution in [1.82, 2.24) is 4.90 Å². The van der Waals surface area contributed by atoms with E-state index in [4.69, 9.17) is 4.74 Å². The third kappa shape index (κ3) is 3.30. The molecule has 0 spiro atoms. The van der Waals surface area contributed by atoms with Crippen molar-refractivity contribution in [2.45, 2.75) is 6.92 Å². The van der Waals surface area contributed by atoms with E-state index < -0.39 is 4.92 Å². The molecule has 0 saturated carbocycles. The molecule has 0 atom stereocenters. The number of carbonyl (C=O) groups is 1. The van der Waals surface area contributed by atoms with Gasteiger partial charge in [0.1, 0.15) is 5.69 Å². The second-order valence-electron chi connectivity index (χ2n) is 4.88. The lowest BCUT2D eigenvalue weighted by atomic mass is 10.1. The Labute approximate surface area is 123 Å². The minimum Gasteiger partial charge on any atom is -0.378 e. The molecule has 21 heavy (non-hydrogen) atoms. The number of morpholine rings is 1. The summed E-state index contributed by atoms with van der Waals surface area (Å²) in [5.41, 5.74) is 0.816. The highest BCUT2D eigenvalue weighted by molar-refractivity contribution is 5.95. The Morgan fingerprint density at radius 2 is 2.10 bits per heavy atom. The number of nitro groups is 1. The molecule has 1 saturated heterocycles. The van der Waals surface area contributed by atoms with Crippen LogP contribution in [0, 0.1) is 10.1 Å². The maximum atomic E-state index is 12.4. The predicted molar refractivity (Wildman–Crippen MR) is 78.8 cm³/mol. The number of hydrogen-bond donors (Lipinski definition) is 0. The second kappa shape index (κ2) is 6.53. The first-order valence-electron chi connectivity index (χ1n) is 6.91. The topological polar surface area (TPSA) is 75.9 Å². The summed E-state index contributed by atoms with van der Waals surface area (Å²) in [6, 6.07) is 4.64.